The van der Waals surface area contributed by atoms with Gasteiger partial charge in [-0.25, -0.2) is 0 Å². The highest BCUT2D eigenvalue weighted by Gasteiger charge is 2.23. The van der Waals surface area contributed by atoms with E-state index in [9.17, 15) is 0 Å². The first-order valence-electron chi connectivity index (χ1n) is 22.4. The first kappa shape index (κ1) is 39.0. The second-order valence-electron chi connectivity index (χ2n) is 16.6. The molecule has 6 aromatic rings. The van der Waals surface area contributed by atoms with E-state index in [-0.39, 0.29) is 6.04 Å². The zero-order valence-corrected chi connectivity index (χ0v) is 35.3. The SMILES string of the molecule is C1=CC(c2ccc(N(C3=CC=C(c4ccccc4)CC3)c3ccc(C4=CCC(N(c5ccc(C6=CCCC=C6)cc5)c5ccc(-c6ccccc6)cc5)C=C4)cc3)cc2)=CCC1. The maximum Gasteiger partial charge on any atom is 0.0560 e. The van der Waals surface area contributed by atoms with Gasteiger partial charge in [0.15, 0.2) is 0 Å². The minimum Gasteiger partial charge on any atom is -0.334 e. The summed E-state index contributed by atoms with van der Waals surface area (Å²) in [6.07, 6.45) is 32.9. The summed E-state index contributed by atoms with van der Waals surface area (Å²) in [6.45, 7) is 0. The van der Waals surface area contributed by atoms with Crippen LogP contribution in [-0.4, -0.2) is 6.04 Å². The molecule has 0 bridgehead atoms. The van der Waals surface area contributed by atoms with Gasteiger partial charge in [-0.2, -0.15) is 0 Å². The molecule has 6 aromatic carbocycles. The van der Waals surface area contributed by atoms with Crippen molar-refractivity contribution >= 4 is 45.0 Å². The number of rotatable bonds is 11. The second-order valence-corrected chi connectivity index (χ2v) is 16.6. The summed E-state index contributed by atoms with van der Waals surface area (Å²) in [7, 11) is 0. The van der Waals surface area contributed by atoms with Gasteiger partial charge in [0.05, 0.1) is 6.04 Å². The predicted molar refractivity (Wildman–Crippen MR) is 265 cm³/mol. The molecule has 2 nitrogen and oxygen atoms in total. The van der Waals surface area contributed by atoms with Crippen LogP contribution in [0.25, 0.3) is 33.4 Å². The molecule has 1 atom stereocenters. The minimum atomic E-state index is 0.172. The highest BCUT2D eigenvalue weighted by atomic mass is 15.2. The van der Waals surface area contributed by atoms with Crippen LogP contribution in [0, 0.1) is 0 Å². The average Bonchev–Trinajstić information content (AvgIpc) is 3.36. The molecule has 0 N–H and O–H groups in total. The Bertz CT molecular complexity index is 2760. The molecule has 0 saturated carbocycles. The van der Waals surface area contributed by atoms with Crippen molar-refractivity contribution in [3.63, 3.8) is 0 Å². The lowest BCUT2D eigenvalue weighted by Crippen LogP contribution is -2.30. The van der Waals surface area contributed by atoms with Crippen LogP contribution in [0.3, 0.4) is 0 Å². The summed E-state index contributed by atoms with van der Waals surface area (Å²) >= 11 is 0. The van der Waals surface area contributed by atoms with Crippen molar-refractivity contribution in [3.8, 4) is 11.1 Å². The van der Waals surface area contributed by atoms with Crippen molar-refractivity contribution in [2.45, 2.75) is 51.0 Å². The van der Waals surface area contributed by atoms with Gasteiger partial charge in [-0.1, -0.05) is 170 Å². The third kappa shape index (κ3) is 8.55. The number of allylic oxidation sites excluding steroid dienone is 14. The first-order valence-corrected chi connectivity index (χ1v) is 22.4. The zero-order valence-electron chi connectivity index (χ0n) is 35.3. The highest BCUT2D eigenvalue weighted by Crippen LogP contribution is 2.39. The molecule has 4 aliphatic carbocycles. The van der Waals surface area contributed by atoms with Gasteiger partial charge >= 0.3 is 0 Å². The third-order valence-corrected chi connectivity index (χ3v) is 12.6. The Morgan fingerprint density at radius 2 is 0.839 bits per heavy atom. The summed E-state index contributed by atoms with van der Waals surface area (Å²) < 4.78 is 0. The number of hydrogen-bond donors (Lipinski definition) is 0. The molecule has 1 unspecified atom stereocenters. The summed E-state index contributed by atoms with van der Waals surface area (Å²) in [6, 6.07) is 58.1. The molecule has 0 amide bonds. The maximum absolute atomic E-state index is 2.50. The van der Waals surface area contributed by atoms with Crippen LogP contribution < -0.4 is 9.80 Å². The van der Waals surface area contributed by atoms with Crippen molar-refractivity contribution < 1.29 is 0 Å². The Labute approximate surface area is 367 Å². The van der Waals surface area contributed by atoms with Gasteiger partial charge in [0.25, 0.3) is 0 Å². The lowest BCUT2D eigenvalue weighted by atomic mass is 9.94. The van der Waals surface area contributed by atoms with Crippen LogP contribution in [0.4, 0.5) is 22.7 Å². The number of hydrogen-bond acceptors (Lipinski definition) is 2. The van der Waals surface area contributed by atoms with Crippen LogP contribution in [0.15, 0.2) is 230 Å². The fraction of sp³-hybridized carbons (Fsp3) is 0.133. The molecule has 0 saturated heterocycles. The normalized spacial score (nSPS) is 17.0. The zero-order chi connectivity index (χ0) is 41.5. The number of nitrogens with zero attached hydrogens (tertiary/aromatic N) is 2. The van der Waals surface area contributed by atoms with Gasteiger partial charge in [-0.05, 0) is 155 Å². The Kier molecular flexibility index (Phi) is 11.5. The number of anilines is 4. The predicted octanol–water partition coefficient (Wildman–Crippen LogP) is 16.3. The molecule has 2 heteroatoms. The van der Waals surface area contributed by atoms with E-state index >= 15 is 0 Å². The van der Waals surface area contributed by atoms with E-state index in [1.54, 1.807) is 0 Å². The molecule has 0 spiro atoms. The molecule has 62 heavy (non-hydrogen) atoms. The second kappa shape index (κ2) is 18.2. The summed E-state index contributed by atoms with van der Waals surface area (Å²) in [5.74, 6) is 0. The third-order valence-electron chi connectivity index (χ3n) is 12.6. The van der Waals surface area contributed by atoms with Gasteiger partial charge in [0.1, 0.15) is 0 Å². The summed E-state index contributed by atoms with van der Waals surface area (Å²) in [5.41, 5.74) is 18.9. The van der Waals surface area contributed by atoms with E-state index < -0.39 is 0 Å². The minimum absolute atomic E-state index is 0.172. The molecule has 0 radical (unpaired) electrons. The lowest BCUT2D eigenvalue weighted by Gasteiger charge is -2.33. The quantitative estimate of drug-likeness (QED) is 0.129. The van der Waals surface area contributed by atoms with Gasteiger partial charge in [0, 0.05) is 28.4 Å². The first-order chi connectivity index (χ1) is 30.7. The molecule has 0 heterocycles. The van der Waals surface area contributed by atoms with E-state index in [4.69, 9.17) is 0 Å². The Morgan fingerprint density at radius 1 is 0.371 bits per heavy atom. The van der Waals surface area contributed by atoms with Gasteiger partial charge in [-0.15, -0.1) is 0 Å². The topological polar surface area (TPSA) is 6.48 Å². The highest BCUT2D eigenvalue weighted by molar-refractivity contribution is 5.82. The summed E-state index contributed by atoms with van der Waals surface area (Å²) in [5, 5.41) is 0. The van der Waals surface area contributed by atoms with E-state index in [1.807, 2.05) is 0 Å². The maximum atomic E-state index is 2.50. The number of benzene rings is 6. The molecule has 0 fully saturated rings. The molecule has 0 aliphatic heterocycles. The smallest absolute Gasteiger partial charge is 0.0560 e. The van der Waals surface area contributed by atoms with Crippen LogP contribution in [-0.2, 0) is 0 Å². The van der Waals surface area contributed by atoms with E-state index in [2.05, 4.69) is 234 Å². The summed E-state index contributed by atoms with van der Waals surface area (Å²) in [4.78, 5) is 4.95. The van der Waals surface area contributed by atoms with Crippen molar-refractivity contribution in [2.24, 2.45) is 0 Å². The van der Waals surface area contributed by atoms with Gasteiger partial charge in [0.2, 0.25) is 0 Å². The molecular weight excluding hydrogens is 749 g/mol. The van der Waals surface area contributed by atoms with E-state index in [1.165, 1.54) is 84.1 Å². The van der Waals surface area contributed by atoms with Crippen molar-refractivity contribution in [2.75, 3.05) is 9.80 Å². The van der Waals surface area contributed by atoms with Crippen LogP contribution >= 0.6 is 0 Å². The Morgan fingerprint density at radius 3 is 1.29 bits per heavy atom. The van der Waals surface area contributed by atoms with Crippen molar-refractivity contribution in [3.05, 3.63) is 253 Å². The van der Waals surface area contributed by atoms with Gasteiger partial charge in [-0.3, -0.25) is 0 Å². The Hall–Kier alpha value is -7.16. The van der Waals surface area contributed by atoms with Crippen molar-refractivity contribution in [1.29, 1.82) is 0 Å². The fourth-order valence-corrected chi connectivity index (χ4v) is 9.25. The Balaban J connectivity index is 0.920. The molecule has 0 aromatic heterocycles. The fourth-order valence-electron chi connectivity index (χ4n) is 9.25. The molecule has 4 aliphatic rings. The monoisotopic (exact) mass is 800 g/mol. The molecule has 10 rings (SSSR count). The van der Waals surface area contributed by atoms with Crippen LogP contribution in [0.5, 0.6) is 0 Å². The largest absolute Gasteiger partial charge is 0.334 e. The van der Waals surface area contributed by atoms with Crippen molar-refractivity contribution in [1.82, 2.24) is 0 Å². The standard InChI is InChI=1S/C60H52N2/c1-5-13-45(14-6-1)49-21-33-55(34-22-49)61(56-35-23-50(24-36-56)46-15-7-2-8-16-46)59-41-29-53(30-42-59)54-31-43-60(44-32-54)62(57-37-25-51(26-38-57)47-17-9-3-10-18-47)58-39-27-52(28-40-58)48-19-11-4-12-20-48/h1,3,5-7,9-11,13-25,27-37,39-41,43-44,59H,2,4,8,12,26,38,42H2. The van der Waals surface area contributed by atoms with E-state index in [0.717, 1.165) is 44.9 Å². The molecular formula is C60H52N2. The average molecular weight is 801 g/mol. The van der Waals surface area contributed by atoms with Gasteiger partial charge < -0.3 is 9.80 Å². The van der Waals surface area contributed by atoms with Crippen LogP contribution in [0.2, 0.25) is 0 Å². The van der Waals surface area contributed by atoms with E-state index in [0.29, 0.717) is 0 Å². The lowest BCUT2D eigenvalue weighted by molar-refractivity contribution is 0.787. The van der Waals surface area contributed by atoms with Crippen LogP contribution in [0.1, 0.15) is 67.2 Å². The molecule has 302 valence electrons.